The first-order chi connectivity index (χ1) is 8.56. The maximum atomic E-state index is 11.6. The highest BCUT2D eigenvalue weighted by molar-refractivity contribution is 5.74. The Labute approximate surface area is 107 Å². The zero-order valence-corrected chi connectivity index (χ0v) is 10.8. The fourth-order valence-electron chi connectivity index (χ4n) is 2.38. The van der Waals surface area contributed by atoms with Crippen LogP contribution >= 0.6 is 0 Å². The van der Waals surface area contributed by atoms with Crippen molar-refractivity contribution in [1.29, 1.82) is 0 Å². The van der Waals surface area contributed by atoms with Gasteiger partial charge in [0, 0.05) is 20.1 Å². The van der Waals surface area contributed by atoms with Gasteiger partial charge in [-0.2, -0.15) is 0 Å². The van der Waals surface area contributed by atoms with Crippen LogP contribution in [0.3, 0.4) is 0 Å². The molecule has 3 N–H and O–H groups in total. The van der Waals surface area contributed by atoms with Crippen molar-refractivity contribution in [2.45, 2.75) is 25.7 Å². The molecule has 0 aromatic heterocycles. The number of carboxylic acid groups (broad SMARTS) is 1. The van der Waals surface area contributed by atoms with E-state index >= 15 is 0 Å². The highest BCUT2D eigenvalue weighted by Gasteiger charge is 2.30. The van der Waals surface area contributed by atoms with Crippen molar-refractivity contribution < 1.29 is 19.8 Å². The van der Waals surface area contributed by atoms with Crippen LogP contribution in [0.1, 0.15) is 25.7 Å². The van der Waals surface area contributed by atoms with E-state index in [1.54, 1.807) is 7.05 Å². The number of amides is 2. The van der Waals surface area contributed by atoms with Crippen molar-refractivity contribution in [2.75, 3.05) is 26.7 Å². The molecule has 0 heterocycles. The van der Waals surface area contributed by atoms with Crippen LogP contribution in [0.15, 0.2) is 0 Å². The lowest BCUT2D eigenvalue weighted by Gasteiger charge is -2.29. The van der Waals surface area contributed by atoms with Crippen LogP contribution < -0.4 is 5.32 Å². The zero-order chi connectivity index (χ0) is 13.5. The molecule has 0 spiro atoms. The number of likely N-dealkylation sites (N-methyl/N-ethyl adjacent to an activating group) is 1. The SMILES string of the molecule is CN(CCO)C(=O)NCC1CCCCC1C(=O)O. The Morgan fingerprint density at radius 2 is 2.00 bits per heavy atom. The topological polar surface area (TPSA) is 89.9 Å². The molecule has 0 aliphatic heterocycles. The summed E-state index contributed by atoms with van der Waals surface area (Å²) in [5, 5.41) is 20.6. The molecule has 6 heteroatoms. The largest absolute Gasteiger partial charge is 0.481 e. The molecule has 0 radical (unpaired) electrons. The Morgan fingerprint density at radius 1 is 1.33 bits per heavy atom. The van der Waals surface area contributed by atoms with Crippen LogP contribution in [0.5, 0.6) is 0 Å². The molecule has 2 atom stereocenters. The smallest absolute Gasteiger partial charge is 0.317 e. The third-order valence-electron chi connectivity index (χ3n) is 3.52. The highest BCUT2D eigenvalue weighted by atomic mass is 16.4. The van der Waals surface area contributed by atoms with E-state index in [9.17, 15) is 9.59 Å². The van der Waals surface area contributed by atoms with E-state index < -0.39 is 5.97 Å². The summed E-state index contributed by atoms with van der Waals surface area (Å²) in [5.41, 5.74) is 0. The first kappa shape index (κ1) is 14.8. The standard InChI is InChI=1S/C12H22N2O4/c1-14(6-7-15)12(18)13-8-9-4-2-3-5-10(9)11(16)17/h9-10,15H,2-8H2,1H3,(H,13,18)(H,16,17). The summed E-state index contributed by atoms with van der Waals surface area (Å²) in [5.74, 6) is -1.09. The first-order valence-electron chi connectivity index (χ1n) is 6.39. The van der Waals surface area contributed by atoms with Crippen molar-refractivity contribution >= 4 is 12.0 Å². The molecular weight excluding hydrogens is 236 g/mol. The van der Waals surface area contributed by atoms with Crippen LogP contribution in [0.2, 0.25) is 0 Å². The molecule has 104 valence electrons. The van der Waals surface area contributed by atoms with E-state index in [0.717, 1.165) is 19.3 Å². The van der Waals surface area contributed by atoms with Crippen molar-refractivity contribution in [3.05, 3.63) is 0 Å². The molecule has 0 aromatic carbocycles. The molecule has 0 bridgehead atoms. The Morgan fingerprint density at radius 3 is 2.61 bits per heavy atom. The maximum absolute atomic E-state index is 11.6. The van der Waals surface area contributed by atoms with Crippen LogP contribution in [0.4, 0.5) is 4.79 Å². The third-order valence-corrected chi connectivity index (χ3v) is 3.52. The second-order valence-corrected chi connectivity index (χ2v) is 4.82. The predicted molar refractivity (Wildman–Crippen MR) is 66.2 cm³/mol. The number of carbonyl (C=O) groups is 2. The minimum atomic E-state index is -0.766. The quantitative estimate of drug-likeness (QED) is 0.670. The van der Waals surface area contributed by atoms with Gasteiger partial charge in [-0.3, -0.25) is 4.79 Å². The summed E-state index contributed by atoms with van der Waals surface area (Å²) < 4.78 is 0. The van der Waals surface area contributed by atoms with E-state index in [-0.39, 0.29) is 31.0 Å². The molecule has 6 nitrogen and oxygen atoms in total. The fourth-order valence-corrected chi connectivity index (χ4v) is 2.38. The Hall–Kier alpha value is -1.30. The van der Waals surface area contributed by atoms with Crippen molar-refractivity contribution in [2.24, 2.45) is 11.8 Å². The number of urea groups is 1. The number of aliphatic hydroxyl groups excluding tert-OH is 1. The minimum Gasteiger partial charge on any atom is -0.481 e. The van der Waals surface area contributed by atoms with Gasteiger partial charge in [-0.15, -0.1) is 0 Å². The summed E-state index contributed by atoms with van der Waals surface area (Å²) in [6.45, 7) is 0.593. The number of aliphatic hydroxyl groups is 1. The lowest BCUT2D eigenvalue weighted by Crippen LogP contribution is -2.43. The number of hydrogen-bond acceptors (Lipinski definition) is 3. The average Bonchev–Trinajstić information content (AvgIpc) is 2.36. The zero-order valence-electron chi connectivity index (χ0n) is 10.8. The van der Waals surface area contributed by atoms with Gasteiger partial charge in [0.05, 0.1) is 12.5 Å². The average molecular weight is 258 g/mol. The lowest BCUT2D eigenvalue weighted by atomic mass is 9.79. The van der Waals surface area contributed by atoms with Crippen molar-refractivity contribution in [1.82, 2.24) is 10.2 Å². The Kier molecular flexibility index (Phi) is 5.91. The molecule has 1 rings (SSSR count). The highest BCUT2D eigenvalue weighted by Crippen LogP contribution is 2.29. The number of carboxylic acids is 1. The first-order valence-corrected chi connectivity index (χ1v) is 6.39. The minimum absolute atomic E-state index is 0.0164. The molecule has 2 unspecified atom stereocenters. The number of nitrogens with zero attached hydrogens (tertiary/aromatic N) is 1. The van der Waals surface area contributed by atoms with Gasteiger partial charge in [-0.1, -0.05) is 12.8 Å². The number of carbonyl (C=O) groups excluding carboxylic acids is 1. The summed E-state index contributed by atoms with van der Waals surface area (Å²) in [7, 11) is 1.60. The van der Waals surface area contributed by atoms with Gasteiger partial charge in [0.2, 0.25) is 0 Å². The van der Waals surface area contributed by atoms with E-state index in [1.807, 2.05) is 0 Å². The lowest BCUT2D eigenvalue weighted by molar-refractivity contribution is -0.144. The number of nitrogens with one attached hydrogen (secondary N) is 1. The van der Waals surface area contributed by atoms with Gasteiger partial charge >= 0.3 is 12.0 Å². The van der Waals surface area contributed by atoms with Gasteiger partial charge in [0.25, 0.3) is 0 Å². The molecule has 1 aliphatic carbocycles. The van der Waals surface area contributed by atoms with E-state index in [1.165, 1.54) is 4.90 Å². The van der Waals surface area contributed by atoms with Crippen molar-refractivity contribution in [3.63, 3.8) is 0 Å². The second kappa shape index (κ2) is 7.20. The number of aliphatic carboxylic acids is 1. The molecule has 0 aromatic rings. The predicted octanol–water partition coefficient (Wildman–Crippen LogP) is 0.511. The monoisotopic (exact) mass is 258 g/mol. The molecule has 2 amide bonds. The van der Waals surface area contributed by atoms with Crippen LogP contribution in [0.25, 0.3) is 0 Å². The molecule has 1 aliphatic rings. The normalized spacial score (nSPS) is 23.4. The summed E-state index contributed by atoms with van der Waals surface area (Å²) in [4.78, 5) is 24.1. The molecule has 1 fully saturated rings. The van der Waals surface area contributed by atoms with Crippen LogP contribution in [-0.4, -0.2) is 53.9 Å². The number of hydrogen-bond donors (Lipinski definition) is 3. The molecule has 0 saturated heterocycles. The number of rotatable bonds is 5. The summed E-state index contributed by atoms with van der Waals surface area (Å²) in [6, 6.07) is -0.265. The summed E-state index contributed by atoms with van der Waals surface area (Å²) >= 11 is 0. The Balaban J connectivity index is 2.40. The van der Waals surface area contributed by atoms with Gasteiger partial charge in [0.1, 0.15) is 0 Å². The van der Waals surface area contributed by atoms with Crippen LogP contribution in [0, 0.1) is 11.8 Å². The fraction of sp³-hybridized carbons (Fsp3) is 0.833. The van der Waals surface area contributed by atoms with Gasteiger partial charge in [-0.05, 0) is 18.8 Å². The van der Waals surface area contributed by atoms with Gasteiger partial charge < -0.3 is 20.4 Å². The van der Waals surface area contributed by atoms with Gasteiger partial charge in [0.15, 0.2) is 0 Å². The molecule has 18 heavy (non-hydrogen) atoms. The van der Waals surface area contributed by atoms with E-state index in [0.29, 0.717) is 13.0 Å². The van der Waals surface area contributed by atoms with E-state index in [2.05, 4.69) is 5.32 Å². The van der Waals surface area contributed by atoms with E-state index in [4.69, 9.17) is 10.2 Å². The van der Waals surface area contributed by atoms with Crippen LogP contribution in [-0.2, 0) is 4.79 Å². The summed E-state index contributed by atoms with van der Waals surface area (Å²) in [6.07, 6.45) is 3.52. The maximum Gasteiger partial charge on any atom is 0.317 e. The molecule has 1 saturated carbocycles. The van der Waals surface area contributed by atoms with Gasteiger partial charge in [-0.25, -0.2) is 4.79 Å². The third kappa shape index (κ3) is 4.18. The second-order valence-electron chi connectivity index (χ2n) is 4.82. The Bertz CT molecular complexity index is 296. The van der Waals surface area contributed by atoms with Crippen molar-refractivity contribution in [3.8, 4) is 0 Å². The molecular formula is C12H22N2O4.